The first-order valence-corrected chi connectivity index (χ1v) is 5.18. The molecule has 1 saturated heterocycles. The number of rotatable bonds is 1. The van der Waals surface area contributed by atoms with E-state index in [-0.39, 0.29) is 18.1 Å². The zero-order valence-electron chi connectivity index (χ0n) is 8.76. The first-order valence-electron chi connectivity index (χ1n) is 5.18. The minimum atomic E-state index is -0.376. The molecular formula is C10H15N3O2. The third-order valence-electron chi connectivity index (χ3n) is 2.72. The molecule has 0 aromatic rings. The Bertz CT molecular complexity index is 325. The van der Waals surface area contributed by atoms with Crippen LogP contribution in [0, 0.1) is 0 Å². The lowest BCUT2D eigenvalue weighted by molar-refractivity contribution is -0.131. The van der Waals surface area contributed by atoms with Crippen LogP contribution in [0.4, 0.5) is 0 Å². The molecule has 1 fully saturated rings. The molecular weight excluding hydrogens is 194 g/mol. The predicted molar refractivity (Wildman–Crippen MR) is 57.5 cm³/mol. The highest BCUT2D eigenvalue weighted by Crippen LogP contribution is 2.12. The average molecular weight is 209 g/mol. The molecule has 1 N–H and O–H groups in total. The van der Waals surface area contributed by atoms with Crippen molar-refractivity contribution in [1.82, 2.24) is 4.90 Å². The molecule has 0 radical (unpaired) electrons. The molecule has 2 rings (SSSR count). The summed E-state index contributed by atoms with van der Waals surface area (Å²) in [6.45, 7) is 3.37. The quantitative estimate of drug-likeness (QED) is 0.632. The number of aliphatic hydroxyl groups is 1. The van der Waals surface area contributed by atoms with Gasteiger partial charge in [0.2, 0.25) is 5.91 Å². The number of likely N-dealkylation sites (tertiary alicyclic amines) is 1. The molecule has 2 aliphatic heterocycles. The summed E-state index contributed by atoms with van der Waals surface area (Å²) in [5.74, 6) is -0.0148. The van der Waals surface area contributed by atoms with Crippen molar-refractivity contribution >= 4 is 17.8 Å². The summed E-state index contributed by atoms with van der Waals surface area (Å²) in [7, 11) is 0. The van der Waals surface area contributed by atoms with Gasteiger partial charge in [0, 0.05) is 25.0 Å². The third-order valence-corrected chi connectivity index (χ3v) is 2.72. The first-order chi connectivity index (χ1) is 7.16. The second kappa shape index (κ2) is 4.10. The van der Waals surface area contributed by atoms with Gasteiger partial charge in [0.25, 0.3) is 0 Å². The van der Waals surface area contributed by atoms with E-state index in [9.17, 15) is 9.90 Å². The van der Waals surface area contributed by atoms with Crippen molar-refractivity contribution in [1.29, 1.82) is 0 Å². The maximum absolute atomic E-state index is 11.9. The van der Waals surface area contributed by atoms with Gasteiger partial charge in [0.1, 0.15) is 6.04 Å². The molecule has 2 atom stereocenters. The van der Waals surface area contributed by atoms with Gasteiger partial charge < -0.3 is 10.0 Å². The number of carbonyl (C=O) groups excluding carboxylic acids is 1. The van der Waals surface area contributed by atoms with Crippen molar-refractivity contribution in [3.8, 4) is 0 Å². The largest absolute Gasteiger partial charge is 0.391 e. The highest BCUT2D eigenvalue weighted by molar-refractivity contribution is 6.30. The van der Waals surface area contributed by atoms with Crippen LogP contribution < -0.4 is 0 Å². The number of β-amino-alcohol motifs (C(OH)–C–C–N with tert-alkyl or cyclic N) is 1. The highest BCUT2D eigenvalue weighted by atomic mass is 16.3. The van der Waals surface area contributed by atoms with Crippen LogP contribution in [0.25, 0.3) is 0 Å². The van der Waals surface area contributed by atoms with E-state index in [0.717, 1.165) is 5.71 Å². The molecule has 0 aromatic carbocycles. The lowest BCUT2D eigenvalue weighted by Gasteiger charge is -2.20. The Kier molecular flexibility index (Phi) is 2.81. The molecule has 0 aromatic heterocycles. The van der Waals surface area contributed by atoms with Gasteiger partial charge in [-0.1, -0.05) is 0 Å². The molecule has 0 bridgehead atoms. The molecule has 2 heterocycles. The van der Waals surface area contributed by atoms with E-state index in [1.165, 1.54) is 0 Å². The van der Waals surface area contributed by atoms with Crippen molar-refractivity contribution in [2.45, 2.75) is 25.5 Å². The summed E-state index contributed by atoms with van der Waals surface area (Å²) < 4.78 is 0. The number of hydrogen-bond donors (Lipinski definition) is 1. The van der Waals surface area contributed by atoms with Gasteiger partial charge in [-0.2, -0.15) is 0 Å². The van der Waals surface area contributed by atoms with Crippen molar-refractivity contribution in [2.24, 2.45) is 9.98 Å². The zero-order valence-corrected chi connectivity index (χ0v) is 8.76. The van der Waals surface area contributed by atoms with Crippen LogP contribution >= 0.6 is 0 Å². The third kappa shape index (κ3) is 2.23. The molecule has 5 heteroatoms. The maximum atomic E-state index is 11.9. The van der Waals surface area contributed by atoms with E-state index in [4.69, 9.17) is 0 Å². The lowest BCUT2D eigenvalue weighted by Crippen LogP contribution is -2.40. The normalized spacial score (nSPS) is 30.5. The summed E-state index contributed by atoms with van der Waals surface area (Å²) in [4.78, 5) is 21.9. The molecule has 5 nitrogen and oxygen atoms in total. The summed E-state index contributed by atoms with van der Waals surface area (Å²) >= 11 is 0. The van der Waals surface area contributed by atoms with Crippen molar-refractivity contribution in [3.05, 3.63) is 0 Å². The van der Waals surface area contributed by atoms with Crippen LogP contribution in [0.5, 0.6) is 0 Å². The minimum Gasteiger partial charge on any atom is -0.391 e. The van der Waals surface area contributed by atoms with Crippen molar-refractivity contribution < 1.29 is 9.90 Å². The number of amides is 1. The summed E-state index contributed by atoms with van der Waals surface area (Å²) in [5.41, 5.74) is 0.862. The Morgan fingerprint density at radius 1 is 1.67 bits per heavy atom. The van der Waals surface area contributed by atoms with Crippen LogP contribution in [-0.2, 0) is 4.79 Å². The van der Waals surface area contributed by atoms with Gasteiger partial charge in [-0.15, -0.1) is 0 Å². The fourth-order valence-electron chi connectivity index (χ4n) is 1.81. The molecule has 15 heavy (non-hydrogen) atoms. The van der Waals surface area contributed by atoms with Crippen LogP contribution in [-0.4, -0.2) is 59.6 Å². The van der Waals surface area contributed by atoms with Crippen LogP contribution in [0.2, 0.25) is 0 Å². The topological polar surface area (TPSA) is 65.3 Å². The molecule has 0 saturated carbocycles. The molecule has 0 aliphatic carbocycles. The van der Waals surface area contributed by atoms with E-state index < -0.39 is 0 Å². The maximum Gasteiger partial charge on any atom is 0.249 e. The van der Waals surface area contributed by atoms with Gasteiger partial charge in [0.15, 0.2) is 0 Å². The van der Waals surface area contributed by atoms with Gasteiger partial charge in [-0.05, 0) is 13.3 Å². The molecule has 0 spiro atoms. The number of carbonyl (C=O) groups is 1. The summed E-state index contributed by atoms with van der Waals surface area (Å²) in [6, 6.07) is -0.376. The fourth-order valence-corrected chi connectivity index (χ4v) is 1.81. The first kappa shape index (κ1) is 10.3. The standard InChI is InChI=1S/C10H15N3O2/c1-7-4-12-9(5-11-7)10(15)13-3-2-8(14)6-13/h4,8-9,14H,2-3,5-6H2,1H3. The molecule has 2 unspecified atom stereocenters. The van der Waals surface area contributed by atoms with Gasteiger partial charge in [-0.3, -0.25) is 14.8 Å². The van der Waals surface area contributed by atoms with Crippen LogP contribution in [0.1, 0.15) is 13.3 Å². The van der Waals surface area contributed by atoms with Gasteiger partial charge >= 0.3 is 0 Å². The summed E-state index contributed by atoms with van der Waals surface area (Å²) in [6.07, 6.45) is 1.94. The summed E-state index contributed by atoms with van der Waals surface area (Å²) in [5, 5.41) is 9.33. The Labute approximate surface area is 88.5 Å². The van der Waals surface area contributed by atoms with Crippen LogP contribution in [0.15, 0.2) is 9.98 Å². The predicted octanol–water partition coefficient (Wildman–Crippen LogP) is -0.507. The number of aliphatic hydroxyl groups excluding tert-OH is 1. The number of nitrogens with zero attached hydrogens (tertiary/aromatic N) is 3. The lowest BCUT2D eigenvalue weighted by atomic mass is 10.2. The SMILES string of the molecule is CC1=NCC(C(=O)N2CCC(O)C2)N=C1. The fraction of sp³-hybridized carbons (Fsp3) is 0.700. The van der Waals surface area contributed by atoms with E-state index in [0.29, 0.717) is 26.1 Å². The second-order valence-electron chi connectivity index (χ2n) is 4.00. The monoisotopic (exact) mass is 209 g/mol. The smallest absolute Gasteiger partial charge is 0.249 e. The van der Waals surface area contributed by atoms with E-state index >= 15 is 0 Å². The second-order valence-corrected chi connectivity index (χ2v) is 4.00. The average Bonchev–Trinajstić information content (AvgIpc) is 2.65. The number of hydrogen-bond acceptors (Lipinski definition) is 4. The Hall–Kier alpha value is -1.23. The van der Waals surface area contributed by atoms with Gasteiger partial charge in [-0.25, -0.2) is 0 Å². The van der Waals surface area contributed by atoms with Crippen molar-refractivity contribution in [2.75, 3.05) is 19.6 Å². The zero-order chi connectivity index (χ0) is 10.8. The molecule has 2 aliphatic rings. The molecule has 1 amide bonds. The number of aliphatic imine (C=N–C) groups is 2. The highest BCUT2D eigenvalue weighted by Gasteiger charge is 2.30. The van der Waals surface area contributed by atoms with E-state index in [1.54, 1.807) is 11.1 Å². The minimum absolute atomic E-state index is 0.0148. The van der Waals surface area contributed by atoms with Gasteiger partial charge in [0.05, 0.1) is 12.6 Å². The van der Waals surface area contributed by atoms with E-state index in [1.807, 2.05) is 6.92 Å². The molecule has 82 valence electrons. The Morgan fingerprint density at radius 2 is 2.47 bits per heavy atom. The van der Waals surface area contributed by atoms with E-state index in [2.05, 4.69) is 9.98 Å². The van der Waals surface area contributed by atoms with Crippen LogP contribution in [0.3, 0.4) is 0 Å². The Balaban J connectivity index is 1.95. The van der Waals surface area contributed by atoms with Crippen molar-refractivity contribution in [3.63, 3.8) is 0 Å². The Morgan fingerprint density at radius 3 is 3.00 bits per heavy atom.